The SMILES string of the molecule is CC(CC(=O)O)c1ccc(C(F)F)c(F)c1. The van der Waals surface area contributed by atoms with Gasteiger partial charge in [0.15, 0.2) is 0 Å². The topological polar surface area (TPSA) is 37.3 Å². The third-order valence-corrected chi connectivity index (χ3v) is 2.31. The second-order valence-electron chi connectivity index (χ2n) is 3.58. The van der Waals surface area contributed by atoms with E-state index < -0.39 is 29.7 Å². The monoisotopic (exact) mass is 232 g/mol. The lowest BCUT2D eigenvalue weighted by Gasteiger charge is -2.10. The molecule has 0 radical (unpaired) electrons. The molecule has 0 heterocycles. The van der Waals surface area contributed by atoms with Crippen molar-refractivity contribution in [3.05, 3.63) is 35.1 Å². The molecular weight excluding hydrogens is 221 g/mol. The molecule has 0 bridgehead atoms. The number of hydrogen-bond acceptors (Lipinski definition) is 1. The summed E-state index contributed by atoms with van der Waals surface area (Å²) in [4.78, 5) is 10.4. The van der Waals surface area contributed by atoms with Crippen LogP contribution in [0.25, 0.3) is 0 Å². The van der Waals surface area contributed by atoms with Gasteiger partial charge in [0.05, 0.1) is 12.0 Å². The Morgan fingerprint density at radius 2 is 2.06 bits per heavy atom. The molecule has 0 spiro atoms. The van der Waals surface area contributed by atoms with Crippen LogP contribution in [0.15, 0.2) is 18.2 Å². The molecule has 1 aromatic carbocycles. The number of aliphatic carboxylic acids is 1. The average molecular weight is 232 g/mol. The molecule has 2 nitrogen and oxygen atoms in total. The summed E-state index contributed by atoms with van der Waals surface area (Å²) in [5.74, 6) is -2.41. The summed E-state index contributed by atoms with van der Waals surface area (Å²) in [6.45, 7) is 1.60. The standard InChI is InChI=1S/C11H11F3O2/c1-6(4-10(15)16)7-2-3-8(11(13)14)9(12)5-7/h2-3,5-6,11H,4H2,1H3,(H,15,16). The van der Waals surface area contributed by atoms with Crippen LogP contribution in [0.3, 0.4) is 0 Å². The lowest BCUT2D eigenvalue weighted by molar-refractivity contribution is -0.137. The van der Waals surface area contributed by atoms with Gasteiger partial charge in [-0.05, 0) is 17.5 Å². The Bertz CT molecular complexity index is 391. The van der Waals surface area contributed by atoms with Gasteiger partial charge in [-0.1, -0.05) is 19.1 Å². The van der Waals surface area contributed by atoms with Crippen molar-refractivity contribution in [2.24, 2.45) is 0 Å². The number of alkyl halides is 2. The van der Waals surface area contributed by atoms with Gasteiger partial charge in [0, 0.05) is 0 Å². The smallest absolute Gasteiger partial charge is 0.303 e. The van der Waals surface area contributed by atoms with E-state index in [1.54, 1.807) is 6.92 Å². The summed E-state index contributed by atoms with van der Waals surface area (Å²) in [6, 6.07) is 3.29. The minimum Gasteiger partial charge on any atom is -0.481 e. The molecule has 0 fully saturated rings. The molecule has 0 aliphatic carbocycles. The summed E-state index contributed by atoms with van der Waals surface area (Å²) in [7, 11) is 0. The van der Waals surface area contributed by atoms with Crippen LogP contribution in [0.2, 0.25) is 0 Å². The third kappa shape index (κ3) is 2.98. The number of carboxylic acid groups (broad SMARTS) is 1. The van der Waals surface area contributed by atoms with E-state index in [0.717, 1.165) is 12.1 Å². The zero-order valence-electron chi connectivity index (χ0n) is 8.58. The number of benzene rings is 1. The van der Waals surface area contributed by atoms with Crippen molar-refractivity contribution in [3.63, 3.8) is 0 Å². The molecule has 88 valence electrons. The Morgan fingerprint density at radius 1 is 1.44 bits per heavy atom. The maximum atomic E-state index is 13.2. The summed E-state index contributed by atoms with van der Waals surface area (Å²) in [5, 5.41) is 8.54. The number of rotatable bonds is 4. The highest BCUT2D eigenvalue weighted by molar-refractivity contribution is 5.67. The third-order valence-electron chi connectivity index (χ3n) is 2.31. The van der Waals surface area contributed by atoms with Crippen LogP contribution in [-0.4, -0.2) is 11.1 Å². The second kappa shape index (κ2) is 5.01. The van der Waals surface area contributed by atoms with E-state index in [9.17, 15) is 18.0 Å². The Morgan fingerprint density at radius 3 is 2.50 bits per heavy atom. The quantitative estimate of drug-likeness (QED) is 0.864. The van der Waals surface area contributed by atoms with Crippen LogP contribution in [-0.2, 0) is 4.79 Å². The number of halogens is 3. The summed E-state index contributed by atoms with van der Waals surface area (Å²) in [6.07, 6.45) is -3.02. The highest BCUT2D eigenvalue weighted by atomic mass is 19.3. The minimum absolute atomic E-state index is 0.159. The van der Waals surface area contributed by atoms with Gasteiger partial charge in [-0.25, -0.2) is 13.2 Å². The van der Waals surface area contributed by atoms with Crippen LogP contribution in [0.5, 0.6) is 0 Å². The Balaban J connectivity index is 2.92. The first kappa shape index (κ1) is 12.5. The zero-order valence-corrected chi connectivity index (χ0v) is 8.58. The van der Waals surface area contributed by atoms with Gasteiger partial charge in [0.1, 0.15) is 5.82 Å². The second-order valence-corrected chi connectivity index (χ2v) is 3.58. The molecule has 0 aliphatic rings. The van der Waals surface area contributed by atoms with Crippen molar-refractivity contribution in [1.82, 2.24) is 0 Å². The lowest BCUT2D eigenvalue weighted by Crippen LogP contribution is -2.04. The fourth-order valence-electron chi connectivity index (χ4n) is 1.41. The van der Waals surface area contributed by atoms with Gasteiger partial charge in [-0.2, -0.15) is 0 Å². The van der Waals surface area contributed by atoms with Crippen LogP contribution < -0.4 is 0 Å². The van der Waals surface area contributed by atoms with Crippen molar-refractivity contribution in [1.29, 1.82) is 0 Å². The fraction of sp³-hybridized carbons (Fsp3) is 0.364. The Labute approximate surface area is 90.7 Å². The number of carbonyl (C=O) groups is 1. The van der Waals surface area contributed by atoms with Gasteiger partial charge < -0.3 is 5.11 Å². The molecule has 0 aliphatic heterocycles. The van der Waals surface area contributed by atoms with E-state index in [2.05, 4.69) is 0 Å². The van der Waals surface area contributed by atoms with Gasteiger partial charge in [0.2, 0.25) is 0 Å². The van der Waals surface area contributed by atoms with Crippen molar-refractivity contribution in [2.45, 2.75) is 25.7 Å². The molecule has 0 saturated heterocycles. The molecule has 0 amide bonds. The Kier molecular flexibility index (Phi) is 3.93. The van der Waals surface area contributed by atoms with E-state index in [-0.39, 0.29) is 6.42 Å². The maximum Gasteiger partial charge on any atom is 0.303 e. The summed E-state index contributed by atoms with van der Waals surface area (Å²) < 4.78 is 37.6. The minimum atomic E-state index is -2.86. The van der Waals surface area contributed by atoms with Crippen LogP contribution >= 0.6 is 0 Å². The lowest BCUT2D eigenvalue weighted by atomic mass is 9.96. The Hall–Kier alpha value is -1.52. The summed E-state index contributed by atoms with van der Waals surface area (Å²) >= 11 is 0. The largest absolute Gasteiger partial charge is 0.481 e. The molecular formula is C11H11F3O2. The molecule has 1 unspecified atom stereocenters. The van der Waals surface area contributed by atoms with E-state index in [4.69, 9.17) is 5.11 Å². The average Bonchev–Trinajstić information content (AvgIpc) is 2.15. The van der Waals surface area contributed by atoms with E-state index >= 15 is 0 Å². The maximum absolute atomic E-state index is 13.2. The molecule has 1 rings (SSSR count). The molecule has 1 N–H and O–H groups in total. The van der Waals surface area contributed by atoms with Crippen LogP contribution in [0, 0.1) is 5.82 Å². The first-order valence-electron chi connectivity index (χ1n) is 4.71. The molecule has 5 heteroatoms. The molecule has 0 saturated carbocycles. The molecule has 1 aromatic rings. The van der Waals surface area contributed by atoms with Crippen molar-refractivity contribution < 1.29 is 23.1 Å². The predicted molar refractivity (Wildman–Crippen MR) is 52.0 cm³/mol. The van der Waals surface area contributed by atoms with Gasteiger partial charge in [-0.15, -0.1) is 0 Å². The van der Waals surface area contributed by atoms with Crippen LogP contribution in [0.4, 0.5) is 13.2 Å². The highest BCUT2D eigenvalue weighted by Crippen LogP contribution is 2.26. The van der Waals surface area contributed by atoms with Crippen molar-refractivity contribution in [2.75, 3.05) is 0 Å². The molecule has 16 heavy (non-hydrogen) atoms. The van der Waals surface area contributed by atoms with Crippen LogP contribution in [0.1, 0.15) is 36.8 Å². The first-order valence-corrected chi connectivity index (χ1v) is 4.71. The fourth-order valence-corrected chi connectivity index (χ4v) is 1.41. The van der Waals surface area contributed by atoms with Crippen molar-refractivity contribution in [3.8, 4) is 0 Å². The van der Waals surface area contributed by atoms with Gasteiger partial charge >= 0.3 is 5.97 Å². The number of hydrogen-bond donors (Lipinski definition) is 1. The normalized spacial score (nSPS) is 12.8. The first-order chi connectivity index (χ1) is 7.41. The van der Waals surface area contributed by atoms with E-state index in [0.29, 0.717) is 5.56 Å². The molecule has 0 aromatic heterocycles. The van der Waals surface area contributed by atoms with E-state index in [1.165, 1.54) is 6.07 Å². The van der Waals surface area contributed by atoms with Gasteiger partial charge in [0.25, 0.3) is 6.43 Å². The predicted octanol–water partition coefficient (Wildman–Crippen LogP) is 3.34. The number of carboxylic acids is 1. The van der Waals surface area contributed by atoms with Gasteiger partial charge in [-0.3, -0.25) is 4.79 Å². The molecule has 1 atom stereocenters. The van der Waals surface area contributed by atoms with E-state index in [1.807, 2.05) is 0 Å². The van der Waals surface area contributed by atoms with Crippen molar-refractivity contribution >= 4 is 5.97 Å². The summed E-state index contributed by atoms with van der Waals surface area (Å²) in [5.41, 5.74) is -0.254. The zero-order chi connectivity index (χ0) is 12.3. The highest BCUT2D eigenvalue weighted by Gasteiger charge is 2.16.